The number of benzene rings is 2. The maximum absolute atomic E-state index is 14.5. The summed E-state index contributed by atoms with van der Waals surface area (Å²) in [5.41, 5.74) is 2.72. The smallest absolute Gasteiger partial charge is 0.270 e. The van der Waals surface area contributed by atoms with Crippen molar-refractivity contribution in [3.8, 4) is 0 Å². The van der Waals surface area contributed by atoms with Crippen molar-refractivity contribution >= 4 is 50.9 Å². The summed E-state index contributed by atoms with van der Waals surface area (Å²) in [5, 5.41) is 9.75. The molecular formula is C31H36ClN5O4Si. The molecule has 2 fully saturated rings. The van der Waals surface area contributed by atoms with Crippen LogP contribution in [0.3, 0.4) is 0 Å². The first kappa shape index (κ1) is 28.6. The Morgan fingerprint density at radius 3 is 2.45 bits per heavy atom. The van der Waals surface area contributed by atoms with Crippen LogP contribution in [0.5, 0.6) is 0 Å². The van der Waals surface area contributed by atoms with Crippen molar-refractivity contribution in [1.82, 2.24) is 15.1 Å². The van der Waals surface area contributed by atoms with E-state index in [1.807, 2.05) is 42.5 Å². The van der Waals surface area contributed by atoms with E-state index in [0.29, 0.717) is 52.7 Å². The van der Waals surface area contributed by atoms with E-state index in [1.54, 1.807) is 31.3 Å². The van der Waals surface area contributed by atoms with Crippen LogP contribution in [0.25, 0.3) is 0 Å². The van der Waals surface area contributed by atoms with Gasteiger partial charge in [0.25, 0.3) is 5.91 Å². The van der Waals surface area contributed by atoms with Crippen LogP contribution in [0.2, 0.25) is 5.02 Å². The summed E-state index contributed by atoms with van der Waals surface area (Å²) >= 11 is 6.76. The van der Waals surface area contributed by atoms with Gasteiger partial charge in [-0.05, 0) is 66.5 Å². The van der Waals surface area contributed by atoms with Gasteiger partial charge in [0.1, 0.15) is 10.9 Å². The van der Waals surface area contributed by atoms with Gasteiger partial charge in [-0.1, -0.05) is 42.8 Å². The summed E-state index contributed by atoms with van der Waals surface area (Å²) in [6.07, 6.45) is 4.66. The third kappa shape index (κ3) is 4.56. The van der Waals surface area contributed by atoms with Crippen LogP contribution in [0.4, 0.5) is 11.4 Å². The molecule has 0 radical (unpaired) electrons. The highest BCUT2D eigenvalue weighted by atomic mass is 35.5. The fourth-order valence-electron chi connectivity index (χ4n) is 7.04. The Bertz CT molecular complexity index is 1580. The highest BCUT2D eigenvalue weighted by molar-refractivity contribution is 6.34. The van der Waals surface area contributed by atoms with E-state index in [0.717, 1.165) is 29.7 Å². The number of carbonyl (C=O) groups is 3. The lowest BCUT2D eigenvalue weighted by atomic mass is 9.75. The van der Waals surface area contributed by atoms with Crippen molar-refractivity contribution in [2.24, 2.45) is 12.5 Å². The summed E-state index contributed by atoms with van der Waals surface area (Å²) in [6.45, 7) is 3.23. The molecular weight excluding hydrogens is 570 g/mol. The molecule has 1 spiro atoms. The first-order valence-corrected chi connectivity index (χ1v) is 15.7. The van der Waals surface area contributed by atoms with Gasteiger partial charge in [-0.2, -0.15) is 5.10 Å². The lowest BCUT2D eigenvalue weighted by molar-refractivity contribution is -0.126. The summed E-state index contributed by atoms with van der Waals surface area (Å²) in [4.78, 5) is 43.3. The first-order valence-electron chi connectivity index (χ1n) is 14.4. The van der Waals surface area contributed by atoms with Gasteiger partial charge >= 0.3 is 0 Å². The number of aryl methyl sites for hydroxylation is 1. The van der Waals surface area contributed by atoms with E-state index in [-0.39, 0.29) is 29.1 Å². The molecule has 1 saturated carbocycles. The van der Waals surface area contributed by atoms with Crippen LogP contribution in [0, 0.1) is 5.41 Å². The lowest BCUT2D eigenvalue weighted by Crippen LogP contribution is -2.63. The van der Waals surface area contributed by atoms with E-state index in [2.05, 4.69) is 22.7 Å². The van der Waals surface area contributed by atoms with Gasteiger partial charge in [0, 0.05) is 66.1 Å². The average Bonchev–Trinajstić information content (AvgIpc) is 3.50. The molecule has 9 nitrogen and oxygen atoms in total. The molecule has 220 valence electrons. The summed E-state index contributed by atoms with van der Waals surface area (Å²) in [7, 11) is 3.78. The highest BCUT2D eigenvalue weighted by Gasteiger charge is 2.57. The second-order valence-corrected chi connectivity index (χ2v) is 14.3. The molecule has 3 aliphatic rings. The Balaban J connectivity index is 1.39. The molecule has 1 aromatic heterocycles. The number of anilines is 2. The Kier molecular flexibility index (Phi) is 7.06. The Hall–Kier alpha value is -3.47. The zero-order chi connectivity index (χ0) is 29.9. The summed E-state index contributed by atoms with van der Waals surface area (Å²) in [5.74, 6) is -0.977. The largest absolute Gasteiger partial charge is 0.381 e. The molecule has 2 aromatic carbocycles. The zero-order valence-electron chi connectivity index (χ0n) is 24.4. The van der Waals surface area contributed by atoms with Crippen molar-refractivity contribution in [2.75, 3.05) is 30.5 Å². The van der Waals surface area contributed by atoms with E-state index in [4.69, 9.17) is 16.3 Å². The minimum atomic E-state index is -1.25. The number of ether oxygens (including phenoxy) is 1. The zero-order valence-corrected chi connectivity index (χ0v) is 27.1. The molecule has 1 saturated heterocycles. The summed E-state index contributed by atoms with van der Waals surface area (Å²) < 4.78 is 7.06. The van der Waals surface area contributed by atoms with E-state index >= 15 is 0 Å². The normalized spacial score (nSPS) is 20.6. The minimum absolute atomic E-state index is 0.0606. The van der Waals surface area contributed by atoms with Gasteiger partial charge in [0.05, 0.1) is 5.41 Å². The number of fused-ring (bicyclic) bond motifs is 2. The Morgan fingerprint density at radius 2 is 1.81 bits per heavy atom. The predicted octanol–water partition coefficient (Wildman–Crippen LogP) is 3.11. The Labute approximate surface area is 253 Å². The topological polar surface area (TPSA) is 106 Å². The number of rotatable bonds is 7. The fraction of sp³-hybridized carbons (Fsp3) is 0.419. The first-order chi connectivity index (χ1) is 20.0. The number of nitrogens with one attached hydrogen (secondary N) is 2. The van der Waals surface area contributed by atoms with Crippen LogP contribution in [0.15, 0.2) is 54.7 Å². The molecule has 3 aromatic rings. The van der Waals surface area contributed by atoms with Crippen molar-refractivity contribution in [3.63, 3.8) is 0 Å². The maximum atomic E-state index is 14.5. The standard InChI is InChI=1S/C31H36ClN5O4Si/c1-29(11-12-29)25(20-6-4-5-7-22(20)32)31(42,35-26(38)23-10-15-33-37(23)3)27(39)34-19-8-9-21-24(18-19)36(2)28(40)30(21)13-16-41-17-14-30/h4-10,15,18,25H,11-14,16-17H2,1-3,42H3,(H,34,39)(H,35,38)/t25-,31+/m1/s1. The predicted molar refractivity (Wildman–Crippen MR) is 165 cm³/mol. The number of halogens is 1. The lowest BCUT2D eigenvalue weighted by Gasteiger charge is -2.41. The van der Waals surface area contributed by atoms with Crippen molar-refractivity contribution < 1.29 is 19.1 Å². The van der Waals surface area contributed by atoms with Gasteiger partial charge in [0.15, 0.2) is 0 Å². The average molecular weight is 606 g/mol. The van der Waals surface area contributed by atoms with Crippen LogP contribution < -0.4 is 15.5 Å². The SMILES string of the molecule is CN1C(=O)C2(CCOCC2)c2ccc(NC(=O)[C@]([SiH3])(NC(=O)c3ccnn3C)[C@H](c3ccccc3Cl)C3(C)CC3)cc21. The Morgan fingerprint density at radius 1 is 1.10 bits per heavy atom. The van der Waals surface area contributed by atoms with Gasteiger partial charge in [0.2, 0.25) is 11.8 Å². The maximum Gasteiger partial charge on any atom is 0.270 e. The second-order valence-electron chi connectivity index (χ2n) is 12.3. The van der Waals surface area contributed by atoms with E-state index in [9.17, 15) is 14.4 Å². The van der Waals surface area contributed by atoms with Crippen LogP contribution >= 0.6 is 11.6 Å². The van der Waals surface area contributed by atoms with Gasteiger partial charge in [-0.3, -0.25) is 19.1 Å². The third-order valence-electron chi connectivity index (χ3n) is 9.62. The van der Waals surface area contributed by atoms with E-state index < -0.39 is 10.6 Å². The molecule has 0 bridgehead atoms. The molecule has 42 heavy (non-hydrogen) atoms. The van der Waals surface area contributed by atoms with Crippen molar-refractivity contribution in [2.45, 2.75) is 49.1 Å². The number of likely N-dealkylation sites (N-methyl/N-ethyl adjacent to an activating group) is 1. The molecule has 0 unspecified atom stereocenters. The molecule has 1 aliphatic carbocycles. The number of amides is 3. The number of hydrogen-bond donors (Lipinski definition) is 2. The van der Waals surface area contributed by atoms with Gasteiger partial charge in [-0.15, -0.1) is 0 Å². The number of carbonyl (C=O) groups excluding carboxylic acids is 3. The van der Waals surface area contributed by atoms with Crippen molar-refractivity contribution in [1.29, 1.82) is 0 Å². The number of hydrogen-bond acceptors (Lipinski definition) is 5. The van der Waals surface area contributed by atoms with Gasteiger partial charge in [-0.25, -0.2) is 0 Å². The van der Waals surface area contributed by atoms with Crippen LogP contribution in [-0.4, -0.2) is 63.2 Å². The molecule has 2 atom stereocenters. The molecule has 2 aliphatic heterocycles. The quantitative estimate of drug-likeness (QED) is 0.403. The number of aromatic nitrogens is 2. The third-order valence-corrected chi connectivity index (χ3v) is 11.2. The number of nitrogens with zero attached hydrogens (tertiary/aromatic N) is 3. The molecule has 3 amide bonds. The van der Waals surface area contributed by atoms with Crippen LogP contribution in [0.1, 0.15) is 60.1 Å². The van der Waals surface area contributed by atoms with E-state index in [1.165, 1.54) is 4.68 Å². The molecule has 6 rings (SSSR count). The fourth-order valence-corrected chi connectivity index (χ4v) is 8.64. The monoisotopic (exact) mass is 605 g/mol. The minimum Gasteiger partial charge on any atom is -0.381 e. The molecule has 11 heteroatoms. The van der Waals surface area contributed by atoms with Crippen LogP contribution in [-0.2, 0) is 26.8 Å². The molecule has 2 N–H and O–H groups in total. The molecule has 3 heterocycles. The highest BCUT2D eigenvalue weighted by Crippen LogP contribution is 2.60. The van der Waals surface area contributed by atoms with Gasteiger partial charge < -0.3 is 20.3 Å². The van der Waals surface area contributed by atoms with Crippen molar-refractivity contribution in [3.05, 3.63) is 76.6 Å². The second kappa shape index (κ2) is 10.4. The summed E-state index contributed by atoms with van der Waals surface area (Å²) in [6, 6.07) is 14.9.